The highest BCUT2D eigenvalue weighted by molar-refractivity contribution is 5.63. The van der Waals surface area contributed by atoms with Gasteiger partial charge in [0.25, 0.3) is 0 Å². The summed E-state index contributed by atoms with van der Waals surface area (Å²) >= 11 is 0. The van der Waals surface area contributed by atoms with Gasteiger partial charge in [0.15, 0.2) is 5.65 Å². The molecule has 0 fully saturated rings. The normalized spacial score (nSPS) is 10.6. The molecule has 0 aliphatic rings. The topological polar surface area (TPSA) is 56.2 Å². The zero-order valence-corrected chi connectivity index (χ0v) is 7.85. The van der Waals surface area contributed by atoms with Crippen LogP contribution in [0.5, 0.6) is 0 Å². The van der Waals surface area contributed by atoms with E-state index in [1.807, 2.05) is 18.3 Å². The predicted octanol–water partition coefficient (Wildman–Crippen LogP) is 1.09. The fourth-order valence-corrected chi connectivity index (χ4v) is 1.31. The number of hydrogen-bond acceptors (Lipinski definition) is 3. The van der Waals surface area contributed by atoms with Gasteiger partial charge in [-0.1, -0.05) is 6.58 Å². The maximum atomic E-state index is 5.45. The van der Waals surface area contributed by atoms with Crippen LogP contribution >= 0.6 is 0 Å². The second-order valence-electron chi connectivity index (χ2n) is 3.09. The Morgan fingerprint density at radius 1 is 1.57 bits per heavy atom. The Morgan fingerprint density at radius 3 is 3.14 bits per heavy atom. The molecule has 0 amide bonds. The highest BCUT2D eigenvalue weighted by atomic mass is 15.2. The molecule has 2 heterocycles. The Hall–Kier alpha value is -1.68. The Morgan fingerprint density at radius 2 is 2.43 bits per heavy atom. The molecule has 0 spiro atoms. The number of fused-ring (bicyclic) bond motifs is 1. The molecule has 0 bridgehead atoms. The first-order valence-corrected chi connectivity index (χ1v) is 4.50. The molecule has 0 saturated heterocycles. The van der Waals surface area contributed by atoms with Gasteiger partial charge in [0.05, 0.1) is 5.69 Å². The van der Waals surface area contributed by atoms with Gasteiger partial charge in [-0.3, -0.25) is 0 Å². The molecule has 2 N–H and O–H groups in total. The summed E-state index contributed by atoms with van der Waals surface area (Å²) in [5, 5.41) is 4.33. The molecular formula is C10H12N4. The number of nitrogens with zero attached hydrogens (tertiary/aromatic N) is 3. The lowest BCUT2D eigenvalue weighted by Gasteiger charge is -1.96. The Bertz CT molecular complexity index is 425. The van der Waals surface area contributed by atoms with E-state index in [9.17, 15) is 0 Å². The quantitative estimate of drug-likeness (QED) is 0.784. The van der Waals surface area contributed by atoms with Gasteiger partial charge >= 0.3 is 0 Å². The van der Waals surface area contributed by atoms with E-state index in [0.717, 1.165) is 23.3 Å². The maximum absolute atomic E-state index is 5.45. The molecule has 0 aliphatic heterocycles. The maximum Gasteiger partial charge on any atom is 0.155 e. The molecular weight excluding hydrogens is 176 g/mol. The largest absolute Gasteiger partial charge is 0.330 e. The molecule has 0 atom stereocenters. The lowest BCUT2D eigenvalue weighted by atomic mass is 10.1. The van der Waals surface area contributed by atoms with Crippen LogP contribution in [0.3, 0.4) is 0 Å². The zero-order chi connectivity index (χ0) is 9.97. The predicted molar refractivity (Wildman–Crippen MR) is 55.7 cm³/mol. The average molecular weight is 188 g/mol. The van der Waals surface area contributed by atoms with Crippen LogP contribution < -0.4 is 5.73 Å². The van der Waals surface area contributed by atoms with Crippen LogP contribution in [0.1, 0.15) is 12.1 Å². The van der Waals surface area contributed by atoms with Gasteiger partial charge in [0.1, 0.15) is 0 Å². The van der Waals surface area contributed by atoms with Gasteiger partial charge in [-0.05, 0) is 24.6 Å². The van der Waals surface area contributed by atoms with E-state index in [0.29, 0.717) is 6.54 Å². The first-order chi connectivity index (χ1) is 6.81. The van der Waals surface area contributed by atoms with Gasteiger partial charge in [0.2, 0.25) is 0 Å². The third-order valence-corrected chi connectivity index (χ3v) is 2.04. The van der Waals surface area contributed by atoms with Crippen LogP contribution in [0.15, 0.2) is 31.1 Å². The minimum absolute atomic E-state index is 0.597. The van der Waals surface area contributed by atoms with Crippen LogP contribution in [0.4, 0.5) is 0 Å². The van der Waals surface area contributed by atoms with Crippen molar-refractivity contribution in [1.29, 1.82) is 0 Å². The number of hydrogen-bond donors (Lipinski definition) is 1. The number of nitrogens with two attached hydrogens (primary N) is 1. The van der Waals surface area contributed by atoms with Crippen molar-refractivity contribution in [1.82, 2.24) is 14.6 Å². The van der Waals surface area contributed by atoms with Crippen molar-refractivity contribution in [3.63, 3.8) is 0 Å². The second-order valence-corrected chi connectivity index (χ2v) is 3.09. The lowest BCUT2D eigenvalue weighted by molar-refractivity contribution is 0.920. The van der Waals surface area contributed by atoms with Crippen molar-refractivity contribution in [2.24, 2.45) is 5.73 Å². The molecule has 4 heteroatoms. The Balaban J connectivity index is 2.40. The van der Waals surface area contributed by atoms with E-state index >= 15 is 0 Å². The standard InChI is InChI=1S/C10H12N4/c1-8(3-4-11)9-7-10-12-5-2-6-14(10)13-9/h2,5-7H,1,3-4,11H2. The molecule has 0 aromatic carbocycles. The molecule has 2 rings (SSSR count). The first-order valence-electron chi connectivity index (χ1n) is 4.50. The molecule has 0 unspecified atom stereocenters. The van der Waals surface area contributed by atoms with Gasteiger partial charge in [-0.15, -0.1) is 0 Å². The number of aromatic nitrogens is 3. The van der Waals surface area contributed by atoms with Gasteiger partial charge in [0, 0.05) is 18.5 Å². The van der Waals surface area contributed by atoms with E-state index in [1.165, 1.54) is 0 Å². The summed E-state index contributed by atoms with van der Waals surface area (Å²) in [7, 11) is 0. The van der Waals surface area contributed by atoms with E-state index in [-0.39, 0.29) is 0 Å². The third-order valence-electron chi connectivity index (χ3n) is 2.04. The molecule has 0 radical (unpaired) electrons. The highest BCUT2D eigenvalue weighted by Gasteiger charge is 2.04. The Labute approximate surface area is 82.1 Å². The highest BCUT2D eigenvalue weighted by Crippen LogP contribution is 2.14. The summed E-state index contributed by atoms with van der Waals surface area (Å²) < 4.78 is 1.73. The summed E-state index contributed by atoms with van der Waals surface area (Å²) in [5.74, 6) is 0. The van der Waals surface area contributed by atoms with Gasteiger partial charge in [-0.2, -0.15) is 5.10 Å². The fourth-order valence-electron chi connectivity index (χ4n) is 1.31. The second kappa shape index (κ2) is 3.59. The van der Waals surface area contributed by atoms with Crippen molar-refractivity contribution < 1.29 is 0 Å². The smallest absolute Gasteiger partial charge is 0.155 e. The van der Waals surface area contributed by atoms with Crippen molar-refractivity contribution in [3.05, 3.63) is 36.8 Å². The summed E-state index contributed by atoms with van der Waals surface area (Å²) in [6.45, 7) is 4.52. The molecule has 0 aliphatic carbocycles. The van der Waals surface area contributed by atoms with E-state index < -0.39 is 0 Å². The molecule has 2 aromatic rings. The summed E-state index contributed by atoms with van der Waals surface area (Å²) in [6.07, 6.45) is 4.37. The van der Waals surface area contributed by atoms with Crippen LogP contribution in [0, 0.1) is 0 Å². The van der Waals surface area contributed by atoms with E-state index in [1.54, 1.807) is 10.7 Å². The molecule has 72 valence electrons. The minimum atomic E-state index is 0.597. The van der Waals surface area contributed by atoms with E-state index in [4.69, 9.17) is 5.73 Å². The van der Waals surface area contributed by atoms with Gasteiger partial charge < -0.3 is 5.73 Å². The SMILES string of the molecule is C=C(CCN)c1cc2ncccn2n1. The van der Waals surface area contributed by atoms with Crippen LogP contribution in [-0.2, 0) is 0 Å². The van der Waals surface area contributed by atoms with Crippen LogP contribution in [0.25, 0.3) is 11.2 Å². The lowest BCUT2D eigenvalue weighted by Crippen LogP contribution is -1.99. The minimum Gasteiger partial charge on any atom is -0.330 e. The molecule has 14 heavy (non-hydrogen) atoms. The van der Waals surface area contributed by atoms with Crippen molar-refractivity contribution in [2.75, 3.05) is 6.54 Å². The van der Waals surface area contributed by atoms with Crippen LogP contribution in [0.2, 0.25) is 0 Å². The monoisotopic (exact) mass is 188 g/mol. The fraction of sp³-hybridized carbons (Fsp3) is 0.200. The zero-order valence-electron chi connectivity index (χ0n) is 7.85. The average Bonchev–Trinajstić information content (AvgIpc) is 2.61. The third kappa shape index (κ3) is 1.52. The van der Waals surface area contributed by atoms with Crippen LogP contribution in [-0.4, -0.2) is 21.1 Å². The summed E-state index contributed by atoms with van der Waals surface area (Å²) in [6, 6.07) is 3.76. The summed E-state index contributed by atoms with van der Waals surface area (Å²) in [5.41, 5.74) is 8.11. The summed E-state index contributed by atoms with van der Waals surface area (Å²) in [4.78, 5) is 4.17. The Kier molecular flexibility index (Phi) is 2.28. The van der Waals surface area contributed by atoms with Crippen molar-refractivity contribution >= 4 is 11.2 Å². The molecule has 2 aromatic heterocycles. The first kappa shape index (κ1) is 8.90. The van der Waals surface area contributed by atoms with Crippen molar-refractivity contribution in [3.8, 4) is 0 Å². The van der Waals surface area contributed by atoms with Crippen molar-refractivity contribution in [2.45, 2.75) is 6.42 Å². The number of rotatable bonds is 3. The molecule has 0 saturated carbocycles. The van der Waals surface area contributed by atoms with Gasteiger partial charge in [-0.25, -0.2) is 9.50 Å². The molecule has 4 nitrogen and oxygen atoms in total. The van der Waals surface area contributed by atoms with E-state index in [2.05, 4.69) is 16.7 Å².